The van der Waals surface area contributed by atoms with Gasteiger partial charge in [-0.2, -0.15) is 13.8 Å². The molecule has 0 radical (unpaired) electrons. The number of halogens is 2. The first-order valence-electron chi connectivity index (χ1n) is 8.79. The lowest BCUT2D eigenvalue weighted by molar-refractivity contribution is -0.140. The minimum absolute atomic E-state index is 0.131. The number of aliphatic hydroxyl groups excluding tert-OH is 2. The van der Waals surface area contributed by atoms with E-state index < -0.39 is 42.6 Å². The summed E-state index contributed by atoms with van der Waals surface area (Å²) in [5, 5.41) is 21.0. The Labute approximate surface area is 162 Å². The maximum Gasteiger partial charge on any atom is 0.351 e. The molecule has 9 nitrogen and oxygen atoms in total. The molecule has 1 aromatic heterocycles. The van der Waals surface area contributed by atoms with Crippen molar-refractivity contribution in [1.29, 1.82) is 0 Å². The topological polar surface area (TPSA) is 123 Å². The van der Waals surface area contributed by atoms with Crippen molar-refractivity contribution in [2.24, 2.45) is 0 Å². The van der Waals surface area contributed by atoms with Crippen LogP contribution in [-0.4, -0.2) is 57.0 Å². The first-order valence-corrected chi connectivity index (χ1v) is 8.79. The van der Waals surface area contributed by atoms with Crippen LogP contribution in [-0.2, 0) is 11.2 Å². The minimum atomic E-state index is -3.81. The zero-order chi connectivity index (χ0) is 20.8. The minimum Gasteiger partial charge on any atom is -0.493 e. The highest BCUT2D eigenvalue weighted by Crippen LogP contribution is 2.42. The van der Waals surface area contributed by atoms with Crippen LogP contribution in [0.25, 0.3) is 0 Å². The van der Waals surface area contributed by atoms with Gasteiger partial charge in [-0.15, -0.1) is 0 Å². The molecule has 0 saturated carbocycles. The quantitative estimate of drug-likeness (QED) is 0.665. The Balaban J connectivity index is 1.53. The molecule has 0 bridgehead atoms. The van der Waals surface area contributed by atoms with Crippen LogP contribution in [0.4, 0.5) is 14.6 Å². The number of amides is 1. The fourth-order valence-electron chi connectivity index (χ4n) is 3.30. The van der Waals surface area contributed by atoms with E-state index in [0.717, 1.165) is 17.8 Å². The number of benzene rings is 1. The van der Waals surface area contributed by atoms with Gasteiger partial charge in [0.2, 0.25) is 6.23 Å². The Morgan fingerprint density at radius 1 is 1.38 bits per heavy atom. The predicted molar refractivity (Wildman–Crippen MR) is 94.0 cm³/mol. The average Bonchev–Trinajstić information content (AvgIpc) is 3.24. The Hall–Kier alpha value is -2.89. The normalized spacial score (nSPS) is 24.8. The van der Waals surface area contributed by atoms with E-state index in [1.165, 1.54) is 0 Å². The Morgan fingerprint density at radius 2 is 2.17 bits per heavy atom. The number of anilines is 1. The van der Waals surface area contributed by atoms with Crippen LogP contribution in [0.1, 0.15) is 22.1 Å². The van der Waals surface area contributed by atoms with Crippen LogP contribution in [0.5, 0.6) is 5.75 Å². The van der Waals surface area contributed by atoms with Crippen LogP contribution in [0.3, 0.4) is 0 Å². The van der Waals surface area contributed by atoms with Gasteiger partial charge in [0.05, 0.1) is 13.2 Å². The van der Waals surface area contributed by atoms with Crippen molar-refractivity contribution in [1.82, 2.24) is 9.55 Å². The summed E-state index contributed by atoms with van der Waals surface area (Å²) in [5.74, 6) is -3.75. The molecule has 0 aliphatic carbocycles. The second-order valence-electron chi connectivity index (χ2n) is 6.71. The van der Waals surface area contributed by atoms with Crippen LogP contribution in [0, 0.1) is 0 Å². The second kappa shape index (κ2) is 7.17. The first-order chi connectivity index (χ1) is 13.8. The van der Waals surface area contributed by atoms with Crippen LogP contribution in [0.2, 0.25) is 0 Å². The second-order valence-corrected chi connectivity index (χ2v) is 6.71. The Morgan fingerprint density at radius 3 is 2.86 bits per heavy atom. The number of aliphatic hydroxyl groups is 2. The molecule has 2 aliphatic heterocycles. The molecule has 29 heavy (non-hydrogen) atoms. The van der Waals surface area contributed by atoms with Gasteiger partial charge in [-0.25, -0.2) is 4.79 Å². The van der Waals surface area contributed by atoms with Crippen molar-refractivity contribution in [3.63, 3.8) is 0 Å². The highest BCUT2D eigenvalue weighted by atomic mass is 19.3. The fourth-order valence-corrected chi connectivity index (χ4v) is 3.30. The highest BCUT2D eigenvalue weighted by Gasteiger charge is 2.59. The third-order valence-corrected chi connectivity index (χ3v) is 4.84. The number of nitrogens with zero attached hydrogens (tertiary/aromatic N) is 2. The van der Waals surface area contributed by atoms with Crippen LogP contribution in [0.15, 0.2) is 35.3 Å². The molecule has 0 spiro atoms. The third-order valence-electron chi connectivity index (χ3n) is 4.84. The van der Waals surface area contributed by atoms with E-state index in [9.17, 15) is 23.5 Å². The number of carbonyl (C=O) groups is 1. The zero-order valence-corrected chi connectivity index (χ0v) is 14.9. The number of aromatic nitrogens is 2. The number of hydrogen-bond donors (Lipinski definition) is 3. The van der Waals surface area contributed by atoms with E-state index in [1.807, 2.05) is 0 Å². The van der Waals surface area contributed by atoms with Crippen molar-refractivity contribution < 1.29 is 33.3 Å². The number of fused-ring (bicyclic) bond motifs is 1. The summed E-state index contributed by atoms with van der Waals surface area (Å²) < 4.78 is 39.2. The summed E-state index contributed by atoms with van der Waals surface area (Å²) in [6, 6.07) is 6.06. The number of hydrogen-bond acceptors (Lipinski definition) is 7. The lowest BCUT2D eigenvalue weighted by atomic mass is 10.1. The van der Waals surface area contributed by atoms with Gasteiger partial charge < -0.3 is 25.0 Å². The molecule has 2 aromatic rings. The summed E-state index contributed by atoms with van der Waals surface area (Å²) in [6.45, 7) is -0.296. The molecule has 154 valence electrons. The van der Waals surface area contributed by atoms with Crippen molar-refractivity contribution in [3.05, 3.63) is 52.1 Å². The molecule has 1 aromatic carbocycles. The summed E-state index contributed by atoms with van der Waals surface area (Å²) in [4.78, 5) is 28.2. The van der Waals surface area contributed by atoms with Gasteiger partial charge in [0, 0.05) is 18.2 Å². The number of carbonyl (C=O) groups excluding carboxylic acids is 1. The van der Waals surface area contributed by atoms with Crippen LogP contribution < -0.4 is 15.7 Å². The van der Waals surface area contributed by atoms with E-state index in [-0.39, 0.29) is 5.82 Å². The molecule has 1 unspecified atom stereocenters. The maximum atomic E-state index is 14.2. The van der Waals surface area contributed by atoms with Crippen molar-refractivity contribution in [2.75, 3.05) is 18.5 Å². The number of nitrogens with one attached hydrogen (secondary N) is 1. The van der Waals surface area contributed by atoms with E-state index >= 15 is 0 Å². The average molecular weight is 409 g/mol. The molecule has 3 atom stereocenters. The molecule has 1 saturated heterocycles. The van der Waals surface area contributed by atoms with Crippen molar-refractivity contribution >= 4 is 11.7 Å². The molecular weight excluding hydrogens is 392 g/mol. The number of rotatable bonds is 4. The summed E-state index contributed by atoms with van der Waals surface area (Å²) in [7, 11) is 0. The molecule has 3 heterocycles. The van der Waals surface area contributed by atoms with Gasteiger partial charge in [-0.3, -0.25) is 9.36 Å². The SMILES string of the molecule is O=C(Nc1ccn([C@@H]2O[C@H](CO)C(O)C2(F)F)c(=O)n1)c1ccc2c(c1)CCO2. The highest BCUT2D eigenvalue weighted by molar-refractivity contribution is 6.04. The van der Waals surface area contributed by atoms with Crippen molar-refractivity contribution in [2.45, 2.75) is 30.8 Å². The maximum absolute atomic E-state index is 14.2. The number of ether oxygens (including phenoxy) is 2. The van der Waals surface area contributed by atoms with Gasteiger partial charge in [0.1, 0.15) is 17.7 Å². The van der Waals surface area contributed by atoms with Crippen molar-refractivity contribution in [3.8, 4) is 5.75 Å². The third kappa shape index (κ3) is 3.37. The summed E-state index contributed by atoms with van der Waals surface area (Å²) in [5.41, 5.74) is 0.110. The van der Waals surface area contributed by atoms with Gasteiger partial charge in [-0.1, -0.05) is 0 Å². The van der Waals surface area contributed by atoms with E-state index in [2.05, 4.69) is 10.3 Å². The Bertz CT molecular complexity index is 1010. The molecule has 11 heteroatoms. The van der Waals surface area contributed by atoms with E-state index in [1.54, 1.807) is 18.2 Å². The smallest absolute Gasteiger partial charge is 0.351 e. The lowest BCUT2D eigenvalue weighted by Gasteiger charge is -2.21. The van der Waals surface area contributed by atoms with Gasteiger partial charge >= 0.3 is 11.6 Å². The zero-order valence-electron chi connectivity index (χ0n) is 14.9. The molecule has 2 aliphatic rings. The van der Waals surface area contributed by atoms with Gasteiger partial charge in [0.25, 0.3) is 5.91 Å². The van der Waals surface area contributed by atoms with E-state index in [0.29, 0.717) is 28.9 Å². The Kier molecular flexibility index (Phi) is 4.81. The van der Waals surface area contributed by atoms with Gasteiger partial charge in [0.15, 0.2) is 6.10 Å². The molecule has 1 amide bonds. The standard InChI is InChI=1S/C18H17F2N3O6/c19-18(20)14(25)12(8-24)29-16(18)23-5-3-13(22-17(23)27)21-15(26)10-1-2-11-9(7-10)4-6-28-11/h1-3,5,7,12,14,16,24-25H,4,6,8H2,(H,21,22,26,27)/t12-,14?,16-/m1/s1. The largest absolute Gasteiger partial charge is 0.493 e. The van der Waals surface area contributed by atoms with E-state index in [4.69, 9.17) is 14.6 Å². The predicted octanol–water partition coefficient (Wildman–Crippen LogP) is 0.316. The fraction of sp³-hybridized carbons (Fsp3) is 0.389. The lowest BCUT2D eigenvalue weighted by Crippen LogP contribution is -2.41. The first kappa shape index (κ1) is 19.4. The molecule has 3 N–H and O–H groups in total. The number of alkyl halides is 2. The monoisotopic (exact) mass is 409 g/mol. The van der Waals surface area contributed by atoms with Crippen LogP contribution >= 0.6 is 0 Å². The molecular formula is C18H17F2N3O6. The molecule has 4 rings (SSSR count). The summed E-state index contributed by atoms with van der Waals surface area (Å²) in [6.07, 6.45) is -4.28. The summed E-state index contributed by atoms with van der Waals surface area (Å²) >= 11 is 0. The molecule has 1 fully saturated rings. The van der Waals surface area contributed by atoms with Gasteiger partial charge in [-0.05, 0) is 29.8 Å².